The minimum Gasteiger partial charge on any atom is -0.326 e. The molecule has 2 aromatic carbocycles. The van der Waals surface area contributed by atoms with Gasteiger partial charge in [0.25, 0.3) is 5.91 Å². The van der Waals surface area contributed by atoms with E-state index in [1.54, 1.807) is 48.0 Å². The van der Waals surface area contributed by atoms with E-state index in [4.69, 9.17) is 0 Å². The van der Waals surface area contributed by atoms with Crippen LogP contribution in [0, 0.1) is 5.82 Å². The average molecular weight is 355 g/mol. The first-order valence-electron chi connectivity index (χ1n) is 7.45. The number of nitrogens with zero attached hydrogens (tertiary/aromatic N) is 1. The van der Waals surface area contributed by atoms with Crippen molar-refractivity contribution in [2.24, 2.45) is 0 Å². The molecule has 0 fully saturated rings. The molecule has 2 amide bonds. The maximum absolute atomic E-state index is 12.9. The molecule has 3 aromatic rings. The molecule has 126 valence electrons. The van der Waals surface area contributed by atoms with Crippen molar-refractivity contribution in [3.8, 4) is 0 Å². The molecule has 1 aromatic heterocycles. The van der Waals surface area contributed by atoms with Gasteiger partial charge in [-0.1, -0.05) is 12.1 Å². The second-order valence-electron chi connectivity index (χ2n) is 5.22. The standard InChI is InChI=1S/C18H14FN3O2S/c19-14-5-1-12(2-6-14)11-16(23)21-15-7-3-13(4-8-15)17(24)22-18-20-9-10-25-18/h1-10H,11H2,(H,21,23)(H,20,22,24). The Kier molecular flexibility index (Phi) is 5.15. The summed E-state index contributed by atoms with van der Waals surface area (Å²) in [7, 11) is 0. The Labute approximate surface area is 147 Å². The van der Waals surface area contributed by atoms with E-state index in [0.717, 1.165) is 5.56 Å². The summed E-state index contributed by atoms with van der Waals surface area (Å²) in [6.45, 7) is 0. The zero-order valence-corrected chi connectivity index (χ0v) is 13.8. The van der Waals surface area contributed by atoms with Crippen LogP contribution in [0.3, 0.4) is 0 Å². The fourth-order valence-electron chi connectivity index (χ4n) is 2.15. The van der Waals surface area contributed by atoms with Crippen LogP contribution in [0.1, 0.15) is 15.9 Å². The van der Waals surface area contributed by atoms with Gasteiger partial charge in [-0.2, -0.15) is 0 Å². The van der Waals surface area contributed by atoms with Crippen molar-refractivity contribution >= 4 is 34.0 Å². The minimum absolute atomic E-state index is 0.145. The van der Waals surface area contributed by atoms with Gasteiger partial charge in [0.05, 0.1) is 6.42 Å². The van der Waals surface area contributed by atoms with Gasteiger partial charge in [-0.05, 0) is 42.0 Å². The Bertz CT molecular complexity index is 862. The van der Waals surface area contributed by atoms with Crippen LogP contribution in [-0.4, -0.2) is 16.8 Å². The van der Waals surface area contributed by atoms with E-state index >= 15 is 0 Å². The minimum atomic E-state index is -0.337. The van der Waals surface area contributed by atoms with Crippen LogP contribution in [0.4, 0.5) is 15.2 Å². The smallest absolute Gasteiger partial charge is 0.257 e. The largest absolute Gasteiger partial charge is 0.326 e. The first-order valence-corrected chi connectivity index (χ1v) is 8.33. The van der Waals surface area contributed by atoms with E-state index in [1.165, 1.54) is 23.5 Å². The number of carbonyl (C=O) groups excluding carboxylic acids is 2. The number of hydrogen-bond donors (Lipinski definition) is 2. The van der Waals surface area contributed by atoms with Crippen LogP contribution < -0.4 is 10.6 Å². The molecule has 0 atom stereocenters. The van der Waals surface area contributed by atoms with Crippen LogP contribution in [0.5, 0.6) is 0 Å². The third-order valence-corrected chi connectivity index (χ3v) is 4.05. The highest BCUT2D eigenvalue weighted by Crippen LogP contribution is 2.15. The lowest BCUT2D eigenvalue weighted by Gasteiger charge is -2.07. The molecular weight excluding hydrogens is 341 g/mol. The number of nitrogens with one attached hydrogen (secondary N) is 2. The maximum Gasteiger partial charge on any atom is 0.257 e. The summed E-state index contributed by atoms with van der Waals surface area (Å²) in [6.07, 6.45) is 1.76. The molecule has 3 rings (SSSR count). The highest BCUT2D eigenvalue weighted by atomic mass is 32.1. The van der Waals surface area contributed by atoms with Gasteiger partial charge in [0, 0.05) is 22.8 Å². The van der Waals surface area contributed by atoms with Crippen molar-refractivity contribution in [1.29, 1.82) is 0 Å². The lowest BCUT2D eigenvalue weighted by molar-refractivity contribution is -0.115. The Morgan fingerprint density at radius 2 is 1.72 bits per heavy atom. The summed E-state index contributed by atoms with van der Waals surface area (Å²) in [5, 5.41) is 7.73. The Balaban J connectivity index is 1.57. The van der Waals surface area contributed by atoms with Crippen LogP contribution in [0.2, 0.25) is 0 Å². The lowest BCUT2D eigenvalue weighted by Crippen LogP contribution is -2.15. The van der Waals surface area contributed by atoms with Crippen LogP contribution in [0.15, 0.2) is 60.1 Å². The highest BCUT2D eigenvalue weighted by Gasteiger charge is 2.09. The molecule has 0 radical (unpaired) electrons. The van der Waals surface area contributed by atoms with E-state index in [2.05, 4.69) is 15.6 Å². The molecule has 0 aliphatic heterocycles. The lowest BCUT2D eigenvalue weighted by atomic mass is 10.1. The van der Waals surface area contributed by atoms with Crippen LogP contribution in [-0.2, 0) is 11.2 Å². The van der Waals surface area contributed by atoms with Gasteiger partial charge in [-0.3, -0.25) is 14.9 Å². The number of carbonyl (C=O) groups is 2. The first-order chi connectivity index (χ1) is 12.1. The zero-order valence-electron chi connectivity index (χ0n) is 13.0. The van der Waals surface area contributed by atoms with Gasteiger partial charge in [0.15, 0.2) is 5.13 Å². The number of rotatable bonds is 5. The first kappa shape index (κ1) is 16.8. The number of aromatic nitrogens is 1. The molecule has 7 heteroatoms. The van der Waals surface area contributed by atoms with Crippen molar-refractivity contribution in [1.82, 2.24) is 4.98 Å². The van der Waals surface area contributed by atoms with Crippen molar-refractivity contribution in [3.05, 3.63) is 77.1 Å². The molecule has 25 heavy (non-hydrogen) atoms. The molecule has 0 bridgehead atoms. The second kappa shape index (κ2) is 7.67. The van der Waals surface area contributed by atoms with E-state index in [1.807, 2.05) is 0 Å². The average Bonchev–Trinajstić information content (AvgIpc) is 3.10. The highest BCUT2D eigenvalue weighted by molar-refractivity contribution is 7.13. The topological polar surface area (TPSA) is 71.1 Å². The fraction of sp³-hybridized carbons (Fsp3) is 0.0556. The number of benzene rings is 2. The predicted molar refractivity (Wildman–Crippen MR) is 95.2 cm³/mol. The van der Waals surface area contributed by atoms with Crippen molar-refractivity contribution in [2.75, 3.05) is 10.6 Å². The normalized spacial score (nSPS) is 10.3. The Morgan fingerprint density at radius 3 is 2.36 bits per heavy atom. The molecule has 0 aliphatic rings. The summed E-state index contributed by atoms with van der Waals surface area (Å²) < 4.78 is 12.9. The molecule has 0 spiro atoms. The van der Waals surface area contributed by atoms with Gasteiger partial charge in [0.2, 0.25) is 5.91 Å². The molecule has 2 N–H and O–H groups in total. The van der Waals surface area contributed by atoms with Gasteiger partial charge >= 0.3 is 0 Å². The number of thiazole rings is 1. The summed E-state index contributed by atoms with van der Waals surface area (Å²) >= 11 is 1.34. The third-order valence-electron chi connectivity index (χ3n) is 3.36. The number of halogens is 1. The monoisotopic (exact) mass is 355 g/mol. The molecule has 0 unspecified atom stereocenters. The maximum atomic E-state index is 12.9. The van der Waals surface area contributed by atoms with Crippen molar-refractivity contribution < 1.29 is 14.0 Å². The van der Waals surface area contributed by atoms with Crippen LogP contribution >= 0.6 is 11.3 Å². The van der Waals surface area contributed by atoms with Gasteiger partial charge in [-0.25, -0.2) is 9.37 Å². The predicted octanol–water partition coefficient (Wildman–Crippen LogP) is 3.72. The molecule has 0 saturated heterocycles. The quantitative estimate of drug-likeness (QED) is 0.733. The summed E-state index contributed by atoms with van der Waals surface area (Å²) in [5.74, 6) is -0.818. The zero-order chi connectivity index (χ0) is 17.6. The molecule has 0 aliphatic carbocycles. The van der Waals surface area contributed by atoms with Crippen molar-refractivity contribution in [3.63, 3.8) is 0 Å². The number of amides is 2. The SMILES string of the molecule is O=C(Cc1ccc(F)cc1)Nc1ccc(C(=O)Nc2nccs2)cc1. The Hall–Kier alpha value is -3.06. The molecular formula is C18H14FN3O2S. The summed E-state index contributed by atoms with van der Waals surface area (Å²) in [5.41, 5.74) is 1.77. The van der Waals surface area contributed by atoms with Gasteiger partial charge in [0.1, 0.15) is 5.82 Å². The fourth-order valence-corrected chi connectivity index (χ4v) is 2.68. The van der Waals surface area contributed by atoms with Gasteiger partial charge < -0.3 is 5.32 Å². The van der Waals surface area contributed by atoms with Crippen LogP contribution in [0.25, 0.3) is 0 Å². The van der Waals surface area contributed by atoms with Crippen molar-refractivity contribution in [2.45, 2.75) is 6.42 Å². The van der Waals surface area contributed by atoms with E-state index in [-0.39, 0.29) is 24.1 Å². The Morgan fingerprint density at radius 1 is 1.00 bits per heavy atom. The second-order valence-corrected chi connectivity index (χ2v) is 6.11. The summed E-state index contributed by atoms with van der Waals surface area (Å²) in [4.78, 5) is 28.0. The molecule has 5 nitrogen and oxygen atoms in total. The molecule has 0 saturated carbocycles. The number of anilines is 2. The van der Waals surface area contributed by atoms with E-state index < -0.39 is 0 Å². The van der Waals surface area contributed by atoms with E-state index in [0.29, 0.717) is 16.4 Å². The van der Waals surface area contributed by atoms with E-state index in [9.17, 15) is 14.0 Å². The summed E-state index contributed by atoms with van der Waals surface area (Å²) in [6, 6.07) is 12.3. The third kappa shape index (κ3) is 4.71. The molecule has 1 heterocycles. The van der Waals surface area contributed by atoms with Gasteiger partial charge in [-0.15, -0.1) is 11.3 Å². The number of hydrogen-bond acceptors (Lipinski definition) is 4.